The van der Waals surface area contributed by atoms with Gasteiger partial charge in [0.15, 0.2) is 11.6 Å². The van der Waals surface area contributed by atoms with Crippen molar-refractivity contribution in [1.82, 2.24) is 0 Å². The first-order valence-electron chi connectivity index (χ1n) is 4.34. The first-order chi connectivity index (χ1) is 6.70. The monoisotopic (exact) mass is 237 g/mol. The molecule has 0 radical (unpaired) electrons. The molecule has 0 unspecified atom stereocenters. The van der Waals surface area contributed by atoms with Crippen LogP contribution in [0.2, 0.25) is 0 Å². The number of nitrogens with two attached hydrogens (primary N) is 1. The summed E-state index contributed by atoms with van der Waals surface area (Å²) in [6.07, 6.45) is 0.115. The summed E-state index contributed by atoms with van der Waals surface area (Å²) in [6.45, 7) is -0.558. The van der Waals surface area contributed by atoms with E-state index in [0.717, 1.165) is 0 Å². The van der Waals surface area contributed by atoms with Crippen molar-refractivity contribution in [2.24, 2.45) is 5.73 Å². The Labute approximate surface area is 93.8 Å². The van der Waals surface area contributed by atoms with E-state index in [0.29, 0.717) is 5.56 Å². The van der Waals surface area contributed by atoms with E-state index in [1.807, 2.05) is 0 Å². The molecule has 0 heterocycles. The van der Waals surface area contributed by atoms with E-state index in [4.69, 9.17) is 10.5 Å². The summed E-state index contributed by atoms with van der Waals surface area (Å²) in [5.41, 5.74) is 5.89. The van der Waals surface area contributed by atoms with E-state index in [1.54, 1.807) is 6.07 Å². The molecule has 0 aliphatic rings. The third-order valence-corrected chi connectivity index (χ3v) is 2.03. The minimum Gasteiger partial charge on any atom is -0.494 e. The molecule has 1 atom stereocenters. The first-order valence-corrected chi connectivity index (χ1v) is 4.34. The number of hydrogen-bond donors (Lipinski definition) is 1. The minimum atomic E-state index is -0.616. The highest BCUT2D eigenvalue weighted by Gasteiger charge is 2.14. The molecule has 0 saturated heterocycles. The summed E-state index contributed by atoms with van der Waals surface area (Å²) in [5.74, 6) is -0.368. The molecule has 0 amide bonds. The second-order valence-corrected chi connectivity index (χ2v) is 2.95. The molecule has 1 rings (SSSR count). The average molecular weight is 238 g/mol. The summed E-state index contributed by atoms with van der Waals surface area (Å²) in [7, 11) is 1.38. The van der Waals surface area contributed by atoms with Gasteiger partial charge in [0.25, 0.3) is 0 Å². The predicted octanol–water partition coefficient (Wildman–Crippen LogP) is 2.62. The Hall–Kier alpha value is -0.870. The van der Waals surface area contributed by atoms with Gasteiger partial charge in [-0.15, -0.1) is 12.4 Å². The zero-order valence-electron chi connectivity index (χ0n) is 8.37. The molecule has 0 aliphatic heterocycles. The smallest absolute Gasteiger partial charge is 0.169 e. The average Bonchev–Trinajstić information content (AvgIpc) is 2.18. The lowest BCUT2D eigenvalue weighted by Crippen LogP contribution is -2.13. The van der Waals surface area contributed by atoms with Gasteiger partial charge in [-0.05, 0) is 12.5 Å². The predicted molar refractivity (Wildman–Crippen MR) is 57.7 cm³/mol. The van der Waals surface area contributed by atoms with Crippen LogP contribution in [0.5, 0.6) is 5.75 Å². The molecule has 0 fully saturated rings. The van der Waals surface area contributed by atoms with Crippen LogP contribution in [-0.4, -0.2) is 13.8 Å². The first kappa shape index (κ1) is 14.1. The van der Waals surface area contributed by atoms with E-state index in [-0.39, 0.29) is 24.6 Å². The van der Waals surface area contributed by atoms with E-state index in [9.17, 15) is 8.78 Å². The molecule has 0 saturated carbocycles. The largest absolute Gasteiger partial charge is 0.494 e. The van der Waals surface area contributed by atoms with Crippen molar-refractivity contribution in [2.75, 3.05) is 13.8 Å². The molecular formula is C10H14ClF2NO. The lowest BCUT2D eigenvalue weighted by atomic mass is 10.0. The fraction of sp³-hybridized carbons (Fsp3) is 0.400. The molecular weight excluding hydrogens is 224 g/mol. The Kier molecular flexibility index (Phi) is 6.20. The quantitative estimate of drug-likeness (QED) is 0.874. The second kappa shape index (κ2) is 6.58. The fourth-order valence-electron chi connectivity index (χ4n) is 1.24. The summed E-state index contributed by atoms with van der Waals surface area (Å²) < 4.78 is 30.3. The molecule has 0 bridgehead atoms. The van der Waals surface area contributed by atoms with E-state index >= 15 is 0 Å². The number of halogens is 3. The maximum atomic E-state index is 13.5. The van der Waals surface area contributed by atoms with Crippen molar-refractivity contribution in [3.8, 4) is 5.75 Å². The molecule has 1 aromatic carbocycles. The van der Waals surface area contributed by atoms with Crippen LogP contribution in [-0.2, 0) is 0 Å². The third kappa shape index (κ3) is 3.32. The highest BCUT2D eigenvalue weighted by atomic mass is 35.5. The Morgan fingerprint density at radius 3 is 2.67 bits per heavy atom. The van der Waals surface area contributed by atoms with Gasteiger partial charge in [-0.2, -0.15) is 0 Å². The zero-order valence-corrected chi connectivity index (χ0v) is 9.19. The van der Waals surface area contributed by atoms with Crippen molar-refractivity contribution in [2.45, 2.75) is 12.5 Å². The number of rotatable bonds is 4. The highest BCUT2D eigenvalue weighted by Crippen LogP contribution is 2.25. The molecule has 1 aromatic rings. The summed E-state index contributed by atoms with van der Waals surface area (Å²) in [4.78, 5) is 0. The van der Waals surface area contributed by atoms with Crippen LogP contribution in [0.1, 0.15) is 18.0 Å². The van der Waals surface area contributed by atoms with Crippen molar-refractivity contribution in [1.29, 1.82) is 0 Å². The number of alkyl halides is 1. The maximum Gasteiger partial charge on any atom is 0.169 e. The summed E-state index contributed by atoms with van der Waals surface area (Å²) in [5, 5.41) is 0. The van der Waals surface area contributed by atoms with Gasteiger partial charge in [0.2, 0.25) is 0 Å². The van der Waals surface area contributed by atoms with Gasteiger partial charge in [0, 0.05) is 11.6 Å². The zero-order chi connectivity index (χ0) is 10.6. The minimum absolute atomic E-state index is 0. The van der Waals surface area contributed by atoms with Crippen molar-refractivity contribution in [3.05, 3.63) is 29.6 Å². The van der Waals surface area contributed by atoms with Crippen LogP contribution < -0.4 is 10.5 Å². The molecule has 0 spiro atoms. The molecule has 86 valence electrons. The van der Waals surface area contributed by atoms with Gasteiger partial charge < -0.3 is 10.5 Å². The van der Waals surface area contributed by atoms with Crippen LogP contribution in [0, 0.1) is 5.82 Å². The number of methoxy groups -OCH3 is 1. The molecule has 2 N–H and O–H groups in total. The van der Waals surface area contributed by atoms with Gasteiger partial charge in [-0.25, -0.2) is 4.39 Å². The van der Waals surface area contributed by atoms with Crippen LogP contribution in [0.3, 0.4) is 0 Å². The molecule has 15 heavy (non-hydrogen) atoms. The van der Waals surface area contributed by atoms with Crippen LogP contribution in [0.15, 0.2) is 18.2 Å². The van der Waals surface area contributed by atoms with Gasteiger partial charge >= 0.3 is 0 Å². The summed E-state index contributed by atoms with van der Waals surface area (Å²) in [6, 6.07) is 4.06. The Bertz CT molecular complexity index is 309. The lowest BCUT2D eigenvalue weighted by molar-refractivity contribution is 0.378. The highest BCUT2D eigenvalue weighted by molar-refractivity contribution is 5.85. The van der Waals surface area contributed by atoms with Gasteiger partial charge in [-0.1, -0.05) is 12.1 Å². The van der Waals surface area contributed by atoms with Crippen molar-refractivity contribution < 1.29 is 13.5 Å². The van der Waals surface area contributed by atoms with Crippen LogP contribution in [0.25, 0.3) is 0 Å². The number of ether oxygens (including phenoxy) is 1. The SMILES string of the molecule is COc1cccc([C@@H](N)CCF)c1F.Cl. The van der Waals surface area contributed by atoms with Gasteiger partial charge in [-0.3, -0.25) is 4.39 Å². The summed E-state index contributed by atoms with van der Waals surface area (Å²) >= 11 is 0. The van der Waals surface area contributed by atoms with Gasteiger partial charge in [0.05, 0.1) is 13.8 Å². The molecule has 2 nitrogen and oxygen atoms in total. The third-order valence-electron chi connectivity index (χ3n) is 2.03. The van der Waals surface area contributed by atoms with E-state index in [1.165, 1.54) is 19.2 Å². The maximum absolute atomic E-state index is 13.5. The van der Waals surface area contributed by atoms with Crippen molar-refractivity contribution >= 4 is 12.4 Å². The van der Waals surface area contributed by atoms with Crippen LogP contribution >= 0.6 is 12.4 Å². The fourth-order valence-corrected chi connectivity index (χ4v) is 1.24. The molecule has 0 aromatic heterocycles. The Balaban J connectivity index is 0.00000196. The van der Waals surface area contributed by atoms with Crippen LogP contribution in [0.4, 0.5) is 8.78 Å². The van der Waals surface area contributed by atoms with Crippen molar-refractivity contribution in [3.63, 3.8) is 0 Å². The number of hydrogen-bond acceptors (Lipinski definition) is 2. The topological polar surface area (TPSA) is 35.2 Å². The standard InChI is InChI=1S/C10H13F2NO.ClH/c1-14-9-4-2-3-7(10(9)12)8(13)5-6-11;/h2-4,8H,5-6,13H2,1H3;1H/t8-;/m0./s1. The lowest BCUT2D eigenvalue weighted by Gasteiger charge is -2.12. The Morgan fingerprint density at radius 1 is 1.47 bits per heavy atom. The van der Waals surface area contributed by atoms with Gasteiger partial charge in [0.1, 0.15) is 0 Å². The number of benzene rings is 1. The Morgan fingerprint density at radius 2 is 2.13 bits per heavy atom. The molecule has 5 heteroatoms. The molecule has 0 aliphatic carbocycles. The van der Waals surface area contributed by atoms with E-state index in [2.05, 4.69) is 0 Å². The van der Waals surface area contributed by atoms with E-state index < -0.39 is 18.5 Å². The normalized spacial score (nSPS) is 11.7. The second-order valence-electron chi connectivity index (χ2n) is 2.95.